The SMILES string of the molecule is CC=O.O=C(O)CS. The smallest absolute Gasteiger partial charge is 0.313 e. The van der Waals surface area contributed by atoms with Crippen LogP contribution in [0.15, 0.2) is 0 Å². The zero-order chi connectivity index (χ0) is 6.99. The maximum absolute atomic E-state index is 9.29. The average molecular weight is 136 g/mol. The lowest BCUT2D eigenvalue weighted by Crippen LogP contribution is -1.92. The molecule has 0 rings (SSSR count). The van der Waals surface area contributed by atoms with Crippen LogP contribution in [0.2, 0.25) is 0 Å². The number of hydrogen-bond donors (Lipinski definition) is 2. The van der Waals surface area contributed by atoms with Gasteiger partial charge < -0.3 is 9.90 Å². The summed E-state index contributed by atoms with van der Waals surface area (Å²) in [4.78, 5) is 18.1. The van der Waals surface area contributed by atoms with Gasteiger partial charge in [-0.3, -0.25) is 4.79 Å². The van der Waals surface area contributed by atoms with E-state index in [0.29, 0.717) is 0 Å². The molecule has 0 aliphatic carbocycles. The Morgan fingerprint density at radius 3 is 2.00 bits per heavy atom. The van der Waals surface area contributed by atoms with Crippen molar-refractivity contribution in [3.8, 4) is 0 Å². The highest BCUT2D eigenvalue weighted by Crippen LogP contribution is 1.66. The van der Waals surface area contributed by atoms with Crippen LogP contribution in [0.3, 0.4) is 0 Å². The number of hydrogen-bond acceptors (Lipinski definition) is 3. The summed E-state index contributed by atoms with van der Waals surface area (Å²) in [6.07, 6.45) is 0.750. The minimum absolute atomic E-state index is 0.0833. The molecule has 0 aromatic heterocycles. The van der Waals surface area contributed by atoms with E-state index in [9.17, 15) is 4.79 Å². The zero-order valence-corrected chi connectivity index (χ0v) is 5.39. The predicted molar refractivity (Wildman–Crippen MR) is 33.2 cm³/mol. The van der Waals surface area contributed by atoms with Crippen LogP contribution in [0.5, 0.6) is 0 Å². The third-order valence-electron chi connectivity index (χ3n) is 0.135. The van der Waals surface area contributed by atoms with Gasteiger partial charge in [-0.15, -0.1) is 0 Å². The van der Waals surface area contributed by atoms with E-state index < -0.39 is 5.97 Å². The minimum atomic E-state index is -0.881. The van der Waals surface area contributed by atoms with Gasteiger partial charge in [-0.1, -0.05) is 0 Å². The van der Waals surface area contributed by atoms with Crippen LogP contribution in [0.4, 0.5) is 0 Å². The lowest BCUT2D eigenvalue weighted by atomic mass is 10.8. The Hall–Kier alpha value is -0.510. The van der Waals surface area contributed by atoms with Gasteiger partial charge >= 0.3 is 5.97 Å². The molecular weight excluding hydrogens is 128 g/mol. The Morgan fingerprint density at radius 1 is 1.88 bits per heavy atom. The summed E-state index contributed by atoms with van der Waals surface area (Å²) >= 11 is 3.42. The Morgan fingerprint density at radius 2 is 2.00 bits per heavy atom. The molecule has 8 heavy (non-hydrogen) atoms. The van der Waals surface area contributed by atoms with Gasteiger partial charge in [0, 0.05) is 0 Å². The molecule has 3 nitrogen and oxygen atoms in total. The van der Waals surface area contributed by atoms with Crippen LogP contribution >= 0.6 is 12.6 Å². The second-order valence-electron chi connectivity index (χ2n) is 0.788. The summed E-state index contributed by atoms with van der Waals surface area (Å²) in [6.45, 7) is 1.44. The quantitative estimate of drug-likeness (QED) is 0.400. The second-order valence-corrected chi connectivity index (χ2v) is 1.10. The number of carboxylic acid groups (broad SMARTS) is 1. The summed E-state index contributed by atoms with van der Waals surface area (Å²) in [6, 6.07) is 0. The molecule has 0 bridgehead atoms. The van der Waals surface area contributed by atoms with Gasteiger partial charge in [0.25, 0.3) is 0 Å². The fraction of sp³-hybridized carbons (Fsp3) is 0.500. The molecule has 0 saturated heterocycles. The van der Waals surface area contributed by atoms with Crippen molar-refractivity contribution in [1.29, 1.82) is 0 Å². The van der Waals surface area contributed by atoms with E-state index in [-0.39, 0.29) is 5.75 Å². The van der Waals surface area contributed by atoms with Crippen molar-refractivity contribution in [1.82, 2.24) is 0 Å². The standard InChI is InChI=1S/C2H4O2S.C2H4O/c3-2(4)1-5;1-2-3/h5H,1H2,(H,3,4);2H,1H3. The first-order valence-electron chi connectivity index (χ1n) is 1.91. The lowest BCUT2D eigenvalue weighted by molar-refractivity contribution is -0.133. The maximum Gasteiger partial charge on any atom is 0.313 e. The van der Waals surface area contributed by atoms with E-state index in [1.165, 1.54) is 6.92 Å². The van der Waals surface area contributed by atoms with Gasteiger partial charge in [-0.2, -0.15) is 12.6 Å². The summed E-state index contributed by atoms with van der Waals surface area (Å²) in [5, 5.41) is 7.65. The number of thiol groups is 1. The van der Waals surface area contributed by atoms with E-state index in [1.54, 1.807) is 0 Å². The Labute approximate surface area is 53.1 Å². The monoisotopic (exact) mass is 136 g/mol. The number of carbonyl (C=O) groups excluding carboxylic acids is 1. The van der Waals surface area contributed by atoms with Crippen molar-refractivity contribution in [2.75, 3.05) is 5.75 Å². The van der Waals surface area contributed by atoms with E-state index in [0.717, 1.165) is 6.29 Å². The molecule has 0 amide bonds. The molecule has 0 aliphatic rings. The number of aliphatic carboxylic acids is 1. The summed E-state index contributed by atoms with van der Waals surface area (Å²) < 4.78 is 0. The molecule has 0 aromatic rings. The summed E-state index contributed by atoms with van der Waals surface area (Å²) in [7, 11) is 0. The molecule has 0 radical (unpaired) electrons. The highest BCUT2D eigenvalue weighted by molar-refractivity contribution is 7.81. The van der Waals surface area contributed by atoms with Gasteiger partial charge in [0.1, 0.15) is 6.29 Å². The second kappa shape index (κ2) is 9.70. The number of carboxylic acids is 1. The highest BCUT2D eigenvalue weighted by Gasteiger charge is 1.81. The van der Waals surface area contributed by atoms with Gasteiger partial charge in [-0.05, 0) is 6.92 Å². The fourth-order valence-corrected chi connectivity index (χ4v) is 0. The first-order chi connectivity index (χ1) is 3.68. The van der Waals surface area contributed by atoms with Crippen molar-refractivity contribution < 1.29 is 14.7 Å². The van der Waals surface area contributed by atoms with E-state index in [4.69, 9.17) is 9.90 Å². The van der Waals surface area contributed by atoms with E-state index in [1.807, 2.05) is 0 Å². The minimum Gasteiger partial charge on any atom is -0.481 e. The van der Waals surface area contributed by atoms with Crippen LogP contribution in [0, 0.1) is 0 Å². The summed E-state index contributed by atoms with van der Waals surface area (Å²) in [5.41, 5.74) is 0. The molecule has 4 heteroatoms. The Balaban J connectivity index is 0. The predicted octanol–water partition coefficient (Wildman–Crippen LogP) is 0.206. The third kappa shape index (κ3) is 49.9. The average Bonchev–Trinajstić information content (AvgIpc) is 1.69. The van der Waals surface area contributed by atoms with Crippen molar-refractivity contribution in [2.24, 2.45) is 0 Å². The maximum atomic E-state index is 9.29. The molecule has 1 N–H and O–H groups in total. The number of carbonyl (C=O) groups is 2. The summed E-state index contributed by atoms with van der Waals surface area (Å²) in [5.74, 6) is -0.965. The molecule has 0 saturated carbocycles. The molecule has 0 spiro atoms. The molecule has 0 aromatic carbocycles. The van der Waals surface area contributed by atoms with Crippen LogP contribution in [0.1, 0.15) is 6.92 Å². The van der Waals surface area contributed by atoms with Gasteiger partial charge in [0.2, 0.25) is 0 Å². The van der Waals surface area contributed by atoms with Gasteiger partial charge in [0.15, 0.2) is 0 Å². The fourth-order valence-electron chi connectivity index (χ4n) is 0. The van der Waals surface area contributed by atoms with Crippen molar-refractivity contribution in [2.45, 2.75) is 6.92 Å². The topological polar surface area (TPSA) is 54.4 Å². The largest absolute Gasteiger partial charge is 0.481 e. The molecule has 0 aliphatic heterocycles. The number of aldehydes is 1. The Bertz CT molecular complexity index is 71.7. The van der Waals surface area contributed by atoms with Crippen molar-refractivity contribution in [3.05, 3.63) is 0 Å². The number of rotatable bonds is 1. The lowest BCUT2D eigenvalue weighted by Gasteiger charge is -1.71. The van der Waals surface area contributed by atoms with Gasteiger partial charge in [-0.25, -0.2) is 0 Å². The normalized spacial score (nSPS) is 6.25. The van der Waals surface area contributed by atoms with Crippen molar-refractivity contribution in [3.63, 3.8) is 0 Å². The zero-order valence-electron chi connectivity index (χ0n) is 4.50. The molecule has 0 unspecified atom stereocenters. The molecule has 0 fully saturated rings. The van der Waals surface area contributed by atoms with Gasteiger partial charge in [0.05, 0.1) is 5.75 Å². The third-order valence-corrected chi connectivity index (χ3v) is 0.406. The van der Waals surface area contributed by atoms with Crippen LogP contribution in [0.25, 0.3) is 0 Å². The molecule has 0 heterocycles. The molecule has 0 atom stereocenters. The first-order valence-corrected chi connectivity index (χ1v) is 2.54. The van der Waals surface area contributed by atoms with Crippen LogP contribution in [-0.2, 0) is 9.59 Å². The Kier molecular flexibility index (Phi) is 12.7. The van der Waals surface area contributed by atoms with Crippen molar-refractivity contribution >= 4 is 24.9 Å². The molecule has 48 valence electrons. The van der Waals surface area contributed by atoms with Crippen LogP contribution < -0.4 is 0 Å². The van der Waals surface area contributed by atoms with E-state index in [2.05, 4.69) is 12.6 Å². The highest BCUT2D eigenvalue weighted by atomic mass is 32.1. The first kappa shape index (κ1) is 10.5. The molecular formula is C4H8O3S. The van der Waals surface area contributed by atoms with Crippen LogP contribution in [-0.4, -0.2) is 23.1 Å². The van der Waals surface area contributed by atoms with E-state index >= 15 is 0 Å².